The van der Waals surface area contributed by atoms with Crippen LogP contribution in [-0.4, -0.2) is 47.2 Å². The van der Waals surface area contributed by atoms with Crippen LogP contribution in [0, 0.1) is 0 Å². The molecule has 0 heterocycles. The van der Waals surface area contributed by atoms with E-state index in [1.54, 1.807) is 19.1 Å². The van der Waals surface area contributed by atoms with E-state index >= 15 is 0 Å². The minimum atomic E-state index is -1.14. The lowest BCUT2D eigenvalue weighted by Gasteiger charge is -2.18. The van der Waals surface area contributed by atoms with E-state index in [0.29, 0.717) is 11.3 Å². The van der Waals surface area contributed by atoms with Crippen molar-refractivity contribution in [2.45, 2.75) is 19.4 Å². The van der Waals surface area contributed by atoms with Crippen molar-refractivity contribution >= 4 is 70.1 Å². The van der Waals surface area contributed by atoms with Crippen molar-refractivity contribution in [2.24, 2.45) is 0 Å². The molecule has 1 unspecified atom stereocenters. The third kappa shape index (κ3) is 9.77. The SMILES string of the molecule is CCOC(=O)NC(=S)Nc1cccc(C(=O)NCC(=O)NC(CC(=O)O)c2cc(Cl)cc(Cl)c2)c1. The third-order valence-corrected chi connectivity index (χ3v) is 4.92. The Morgan fingerprint density at radius 1 is 1.09 bits per heavy atom. The Morgan fingerprint density at radius 3 is 2.40 bits per heavy atom. The second kappa shape index (κ2) is 13.5. The Kier molecular flexibility index (Phi) is 10.7. The van der Waals surface area contributed by atoms with Crippen LogP contribution >= 0.6 is 35.4 Å². The van der Waals surface area contributed by atoms with Crippen molar-refractivity contribution < 1.29 is 29.0 Å². The molecular formula is C22H22Cl2N4O6S. The van der Waals surface area contributed by atoms with Crippen LogP contribution < -0.4 is 21.3 Å². The van der Waals surface area contributed by atoms with Gasteiger partial charge in [0.1, 0.15) is 0 Å². The highest BCUT2D eigenvalue weighted by molar-refractivity contribution is 7.80. The highest BCUT2D eigenvalue weighted by Gasteiger charge is 2.20. The first kappa shape index (κ1) is 27.8. The first-order valence-corrected chi connectivity index (χ1v) is 11.3. The van der Waals surface area contributed by atoms with E-state index in [1.165, 1.54) is 30.3 Å². The number of carbonyl (C=O) groups excluding carboxylic acids is 3. The van der Waals surface area contributed by atoms with Gasteiger partial charge in [-0.05, 0) is 61.1 Å². The van der Waals surface area contributed by atoms with Crippen LogP contribution in [-0.2, 0) is 14.3 Å². The number of hydrogen-bond donors (Lipinski definition) is 5. The van der Waals surface area contributed by atoms with Crippen molar-refractivity contribution in [3.63, 3.8) is 0 Å². The molecule has 13 heteroatoms. The van der Waals surface area contributed by atoms with E-state index in [1.807, 2.05) is 0 Å². The number of benzene rings is 2. The molecule has 0 aromatic heterocycles. The van der Waals surface area contributed by atoms with Gasteiger partial charge in [-0.1, -0.05) is 29.3 Å². The highest BCUT2D eigenvalue weighted by Crippen LogP contribution is 2.25. The van der Waals surface area contributed by atoms with E-state index in [4.69, 9.17) is 40.2 Å². The zero-order valence-corrected chi connectivity index (χ0v) is 20.7. The summed E-state index contributed by atoms with van der Waals surface area (Å²) < 4.78 is 4.73. The molecule has 186 valence electrons. The summed E-state index contributed by atoms with van der Waals surface area (Å²) in [4.78, 5) is 47.6. The topological polar surface area (TPSA) is 146 Å². The molecule has 2 aromatic carbocycles. The number of carboxylic acids is 1. The molecule has 3 amide bonds. The predicted octanol–water partition coefficient (Wildman–Crippen LogP) is 3.50. The van der Waals surface area contributed by atoms with Crippen molar-refractivity contribution in [2.75, 3.05) is 18.5 Å². The largest absolute Gasteiger partial charge is 0.481 e. The lowest BCUT2D eigenvalue weighted by molar-refractivity contribution is -0.137. The van der Waals surface area contributed by atoms with Gasteiger partial charge in [0.25, 0.3) is 5.91 Å². The van der Waals surface area contributed by atoms with E-state index in [-0.39, 0.29) is 27.3 Å². The standard InChI is InChI=1S/C22H22Cl2N4O6S/c1-2-34-22(33)28-21(35)26-16-5-3-4-12(8-16)20(32)25-11-18(29)27-17(10-19(30)31)13-6-14(23)9-15(24)7-13/h3-9,17H,2,10-11H2,1H3,(H,25,32)(H,27,29)(H,30,31)(H2,26,28,33,35). The van der Waals surface area contributed by atoms with Gasteiger partial charge >= 0.3 is 12.1 Å². The quantitative estimate of drug-likeness (QED) is 0.304. The molecule has 35 heavy (non-hydrogen) atoms. The summed E-state index contributed by atoms with van der Waals surface area (Å²) in [7, 11) is 0. The average Bonchev–Trinajstić information content (AvgIpc) is 2.76. The number of thiocarbonyl (C=S) groups is 1. The van der Waals surface area contributed by atoms with Gasteiger partial charge in [0.05, 0.1) is 25.6 Å². The molecule has 0 saturated heterocycles. The van der Waals surface area contributed by atoms with Crippen LogP contribution in [0.15, 0.2) is 42.5 Å². The minimum Gasteiger partial charge on any atom is -0.481 e. The highest BCUT2D eigenvalue weighted by atomic mass is 35.5. The van der Waals surface area contributed by atoms with Crippen LogP contribution in [0.25, 0.3) is 0 Å². The van der Waals surface area contributed by atoms with Gasteiger partial charge in [-0.15, -0.1) is 0 Å². The van der Waals surface area contributed by atoms with Crippen LogP contribution in [0.1, 0.15) is 35.3 Å². The molecule has 0 aliphatic rings. The number of rotatable bonds is 9. The molecular weight excluding hydrogens is 519 g/mol. The summed E-state index contributed by atoms with van der Waals surface area (Å²) >= 11 is 17.0. The Hall–Kier alpha value is -3.41. The number of amides is 3. The second-order valence-corrected chi connectivity index (χ2v) is 8.26. The van der Waals surface area contributed by atoms with Crippen molar-refractivity contribution in [1.29, 1.82) is 0 Å². The van der Waals surface area contributed by atoms with Crippen LogP contribution in [0.5, 0.6) is 0 Å². The molecule has 0 aliphatic carbocycles. The fourth-order valence-corrected chi connectivity index (χ4v) is 3.62. The zero-order valence-electron chi connectivity index (χ0n) is 18.4. The van der Waals surface area contributed by atoms with Gasteiger partial charge in [0.15, 0.2) is 5.11 Å². The Bertz CT molecular complexity index is 1110. The first-order chi connectivity index (χ1) is 16.6. The summed E-state index contributed by atoms with van der Waals surface area (Å²) in [5.41, 5.74) is 1.05. The maximum atomic E-state index is 12.5. The van der Waals surface area contributed by atoms with Gasteiger partial charge < -0.3 is 25.8 Å². The molecule has 0 fully saturated rings. The monoisotopic (exact) mass is 540 g/mol. The number of carboxylic acid groups (broad SMARTS) is 1. The number of alkyl carbamates (subject to hydrolysis) is 1. The van der Waals surface area contributed by atoms with Gasteiger partial charge in [0, 0.05) is 21.3 Å². The maximum Gasteiger partial charge on any atom is 0.413 e. The van der Waals surface area contributed by atoms with Crippen molar-refractivity contribution in [1.82, 2.24) is 16.0 Å². The lowest BCUT2D eigenvalue weighted by atomic mass is 10.0. The van der Waals surface area contributed by atoms with Crippen LogP contribution in [0.3, 0.4) is 0 Å². The Balaban J connectivity index is 1.97. The fourth-order valence-electron chi connectivity index (χ4n) is 2.87. The molecule has 0 spiro atoms. The Morgan fingerprint density at radius 2 is 1.77 bits per heavy atom. The maximum absolute atomic E-state index is 12.5. The van der Waals surface area contributed by atoms with E-state index in [2.05, 4.69) is 21.3 Å². The van der Waals surface area contributed by atoms with Gasteiger partial charge in [-0.3, -0.25) is 19.7 Å². The molecule has 5 N–H and O–H groups in total. The number of halogens is 2. The molecule has 0 bridgehead atoms. The van der Waals surface area contributed by atoms with E-state index in [9.17, 15) is 24.3 Å². The van der Waals surface area contributed by atoms with E-state index < -0.39 is 42.9 Å². The molecule has 10 nitrogen and oxygen atoms in total. The van der Waals surface area contributed by atoms with Crippen molar-refractivity contribution in [3.05, 3.63) is 63.6 Å². The van der Waals surface area contributed by atoms with Gasteiger partial charge in [0.2, 0.25) is 5.91 Å². The molecule has 1 atom stereocenters. The summed E-state index contributed by atoms with van der Waals surface area (Å²) in [6, 6.07) is 9.75. The minimum absolute atomic E-state index is 0.0222. The third-order valence-electron chi connectivity index (χ3n) is 4.28. The predicted molar refractivity (Wildman–Crippen MR) is 135 cm³/mol. The van der Waals surface area contributed by atoms with Gasteiger partial charge in [-0.2, -0.15) is 0 Å². The summed E-state index contributed by atoms with van der Waals surface area (Å²) in [6.45, 7) is 1.42. The number of aliphatic carboxylic acids is 1. The summed E-state index contributed by atoms with van der Waals surface area (Å²) in [6.07, 6.45) is -1.13. The number of carbonyl (C=O) groups is 4. The number of nitrogens with one attached hydrogen (secondary N) is 4. The fraction of sp³-hybridized carbons (Fsp3) is 0.227. The average molecular weight is 541 g/mol. The summed E-state index contributed by atoms with van der Waals surface area (Å²) in [5, 5.41) is 19.8. The molecule has 0 radical (unpaired) electrons. The summed E-state index contributed by atoms with van der Waals surface area (Å²) in [5.74, 6) is -2.32. The van der Waals surface area contributed by atoms with Crippen molar-refractivity contribution in [3.8, 4) is 0 Å². The molecule has 0 aliphatic heterocycles. The normalized spacial score (nSPS) is 11.1. The second-order valence-electron chi connectivity index (χ2n) is 6.98. The Labute approximate surface area is 216 Å². The smallest absolute Gasteiger partial charge is 0.413 e. The lowest BCUT2D eigenvalue weighted by Crippen LogP contribution is -2.39. The number of hydrogen-bond acceptors (Lipinski definition) is 6. The first-order valence-electron chi connectivity index (χ1n) is 10.2. The zero-order chi connectivity index (χ0) is 26.0. The number of anilines is 1. The molecule has 2 rings (SSSR count). The number of ether oxygens (including phenoxy) is 1. The van der Waals surface area contributed by atoms with E-state index in [0.717, 1.165) is 0 Å². The van der Waals surface area contributed by atoms with Gasteiger partial charge in [-0.25, -0.2) is 4.79 Å². The molecule has 2 aromatic rings. The van der Waals surface area contributed by atoms with Crippen LogP contribution in [0.4, 0.5) is 10.5 Å². The van der Waals surface area contributed by atoms with Crippen LogP contribution in [0.2, 0.25) is 10.0 Å². The molecule has 0 saturated carbocycles.